The minimum Gasteiger partial charge on any atom is -0.308 e. The van der Waals surface area contributed by atoms with E-state index in [1.54, 1.807) is 0 Å². The third-order valence-corrected chi connectivity index (χ3v) is 3.45. The molecule has 1 atom stereocenters. The molecule has 0 saturated heterocycles. The summed E-state index contributed by atoms with van der Waals surface area (Å²) in [7, 11) is 0. The van der Waals surface area contributed by atoms with Crippen LogP contribution in [0.4, 0.5) is 0 Å². The van der Waals surface area contributed by atoms with Crippen LogP contribution in [0.5, 0.6) is 0 Å². The molecule has 1 saturated carbocycles. The number of hydrogen-bond acceptors (Lipinski definition) is 4. The van der Waals surface area contributed by atoms with Gasteiger partial charge in [0.1, 0.15) is 0 Å². The van der Waals surface area contributed by atoms with E-state index in [-0.39, 0.29) is 0 Å². The fourth-order valence-electron chi connectivity index (χ4n) is 2.06. The number of rotatable bonds is 5. The van der Waals surface area contributed by atoms with Crippen molar-refractivity contribution in [2.75, 3.05) is 0 Å². The van der Waals surface area contributed by atoms with Crippen molar-refractivity contribution in [2.45, 2.75) is 58.7 Å². The Morgan fingerprint density at radius 2 is 2.12 bits per heavy atom. The van der Waals surface area contributed by atoms with Gasteiger partial charge >= 0.3 is 0 Å². The molecule has 5 nitrogen and oxygen atoms in total. The molecule has 1 aromatic heterocycles. The van der Waals surface area contributed by atoms with Gasteiger partial charge in [-0.25, -0.2) is 4.68 Å². The average molecular weight is 223 g/mol. The van der Waals surface area contributed by atoms with E-state index < -0.39 is 0 Å². The largest absolute Gasteiger partial charge is 0.308 e. The molecular formula is C11H21N5. The van der Waals surface area contributed by atoms with E-state index in [0.717, 1.165) is 18.3 Å². The third-order valence-electron chi connectivity index (χ3n) is 3.45. The summed E-state index contributed by atoms with van der Waals surface area (Å²) in [5, 5.41) is 15.3. The van der Waals surface area contributed by atoms with Gasteiger partial charge < -0.3 is 5.32 Å². The average Bonchev–Trinajstić information content (AvgIpc) is 2.59. The lowest BCUT2D eigenvalue weighted by Gasteiger charge is -2.31. The van der Waals surface area contributed by atoms with Gasteiger partial charge in [0.15, 0.2) is 5.82 Å². The van der Waals surface area contributed by atoms with E-state index in [9.17, 15) is 0 Å². The van der Waals surface area contributed by atoms with Crippen LogP contribution < -0.4 is 5.32 Å². The molecule has 5 heteroatoms. The van der Waals surface area contributed by atoms with Crippen molar-refractivity contribution >= 4 is 0 Å². The first kappa shape index (κ1) is 11.5. The van der Waals surface area contributed by atoms with E-state index >= 15 is 0 Å². The zero-order valence-corrected chi connectivity index (χ0v) is 10.3. The van der Waals surface area contributed by atoms with Crippen molar-refractivity contribution in [3.8, 4) is 0 Å². The number of tetrazole rings is 1. The Kier molecular flexibility index (Phi) is 3.53. The number of nitrogens with one attached hydrogen (secondary N) is 1. The Bertz CT molecular complexity index is 329. The summed E-state index contributed by atoms with van der Waals surface area (Å²) in [6.45, 7) is 7.23. The molecule has 1 aromatic rings. The molecule has 1 unspecified atom stereocenters. The zero-order valence-electron chi connectivity index (χ0n) is 10.3. The molecule has 90 valence electrons. The first-order valence-electron chi connectivity index (χ1n) is 6.18. The van der Waals surface area contributed by atoms with Gasteiger partial charge in [0, 0.05) is 6.04 Å². The lowest BCUT2D eigenvalue weighted by molar-refractivity contribution is 0.204. The van der Waals surface area contributed by atoms with E-state index in [2.05, 4.69) is 41.6 Å². The number of nitrogens with zero attached hydrogens (tertiary/aromatic N) is 4. The molecular weight excluding hydrogens is 202 g/mol. The van der Waals surface area contributed by atoms with Gasteiger partial charge in [0.25, 0.3) is 0 Å². The summed E-state index contributed by atoms with van der Waals surface area (Å²) >= 11 is 0. The molecule has 0 aliphatic heterocycles. The maximum atomic E-state index is 4.11. The summed E-state index contributed by atoms with van der Waals surface area (Å²) in [5.41, 5.74) is 0. The molecule has 0 radical (unpaired) electrons. The number of hydrogen-bond donors (Lipinski definition) is 1. The first-order chi connectivity index (χ1) is 7.68. The van der Waals surface area contributed by atoms with E-state index in [1.807, 2.05) is 4.68 Å². The molecule has 2 rings (SSSR count). The molecule has 0 amide bonds. The van der Waals surface area contributed by atoms with Crippen LogP contribution in [-0.2, 0) is 6.54 Å². The summed E-state index contributed by atoms with van der Waals surface area (Å²) in [5.74, 6) is 1.72. The second kappa shape index (κ2) is 4.91. The van der Waals surface area contributed by atoms with Crippen molar-refractivity contribution < 1.29 is 0 Å². The standard InChI is InChI=1S/C11H21N5/c1-8(2)12-7-11-13-14-15-16(11)9(3)10-5-4-6-10/h8-10,12H,4-7H2,1-3H3. The predicted molar refractivity (Wildman–Crippen MR) is 61.8 cm³/mol. The SMILES string of the molecule is CC(C)NCc1nnnn1C(C)C1CCC1. The minimum absolute atomic E-state index is 0.438. The van der Waals surface area contributed by atoms with Crippen LogP contribution in [0.25, 0.3) is 0 Å². The lowest BCUT2D eigenvalue weighted by Crippen LogP contribution is -2.28. The summed E-state index contributed by atoms with van der Waals surface area (Å²) < 4.78 is 1.99. The number of aromatic nitrogens is 4. The van der Waals surface area contributed by atoms with E-state index in [1.165, 1.54) is 19.3 Å². The minimum atomic E-state index is 0.438. The quantitative estimate of drug-likeness (QED) is 0.822. The Balaban J connectivity index is 2.00. The van der Waals surface area contributed by atoms with Crippen LogP contribution in [-0.4, -0.2) is 26.2 Å². The molecule has 0 bridgehead atoms. The van der Waals surface area contributed by atoms with Crippen LogP contribution in [0.3, 0.4) is 0 Å². The molecule has 0 aromatic carbocycles. The van der Waals surface area contributed by atoms with Crippen molar-refractivity contribution in [1.82, 2.24) is 25.5 Å². The second-order valence-electron chi connectivity index (χ2n) is 5.01. The highest BCUT2D eigenvalue weighted by Crippen LogP contribution is 2.35. The van der Waals surface area contributed by atoms with E-state index in [4.69, 9.17) is 0 Å². The highest BCUT2D eigenvalue weighted by Gasteiger charge is 2.27. The van der Waals surface area contributed by atoms with E-state index in [0.29, 0.717) is 12.1 Å². The fraction of sp³-hybridized carbons (Fsp3) is 0.909. The Morgan fingerprint density at radius 3 is 2.69 bits per heavy atom. The van der Waals surface area contributed by atoms with Crippen molar-refractivity contribution in [1.29, 1.82) is 0 Å². The van der Waals surface area contributed by atoms with Gasteiger partial charge in [-0.2, -0.15) is 0 Å². The fourth-order valence-corrected chi connectivity index (χ4v) is 2.06. The zero-order chi connectivity index (χ0) is 11.5. The van der Waals surface area contributed by atoms with Gasteiger partial charge in [-0.1, -0.05) is 20.3 Å². The van der Waals surface area contributed by atoms with Crippen LogP contribution in [0, 0.1) is 5.92 Å². The second-order valence-corrected chi connectivity index (χ2v) is 5.01. The maximum absolute atomic E-state index is 4.11. The van der Waals surface area contributed by atoms with Crippen LogP contribution in [0.2, 0.25) is 0 Å². The Labute approximate surface area is 96.6 Å². The summed E-state index contributed by atoms with van der Waals surface area (Å²) in [4.78, 5) is 0. The summed E-state index contributed by atoms with van der Waals surface area (Å²) in [6, 6.07) is 0.900. The highest BCUT2D eigenvalue weighted by molar-refractivity contribution is 4.87. The molecule has 16 heavy (non-hydrogen) atoms. The molecule has 1 heterocycles. The van der Waals surface area contributed by atoms with Gasteiger partial charge in [0.2, 0.25) is 0 Å². The molecule has 1 aliphatic rings. The molecule has 1 N–H and O–H groups in total. The van der Waals surface area contributed by atoms with Crippen LogP contribution in [0.15, 0.2) is 0 Å². The molecule has 1 fully saturated rings. The van der Waals surface area contributed by atoms with Crippen molar-refractivity contribution in [3.05, 3.63) is 5.82 Å². The van der Waals surface area contributed by atoms with Crippen LogP contribution in [0.1, 0.15) is 51.9 Å². The molecule has 0 spiro atoms. The van der Waals surface area contributed by atoms with Crippen molar-refractivity contribution in [3.63, 3.8) is 0 Å². The van der Waals surface area contributed by atoms with Gasteiger partial charge in [-0.05, 0) is 36.1 Å². The van der Waals surface area contributed by atoms with Crippen molar-refractivity contribution in [2.24, 2.45) is 5.92 Å². The van der Waals surface area contributed by atoms with Gasteiger partial charge in [0.05, 0.1) is 12.6 Å². The highest BCUT2D eigenvalue weighted by atomic mass is 15.6. The Morgan fingerprint density at radius 1 is 1.38 bits per heavy atom. The normalized spacial score (nSPS) is 18.8. The lowest BCUT2D eigenvalue weighted by atomic mass is 9.80. The topological polar surface area (TPSA) is 55.6 Å². The first-order valence-corrected chi connectivity index (χ1v) is 6.18. The molecule has 1 aliphatic carbocycles. The Hall–Kier alpha value is -0.970. The van der Waals surface area contributed by atoms with Crippen LogP contribution >= 0.6 is 0 Å². The smallest absolute Gasteiger partial charge is 0.165 e. The monoisotopic (exact) mass is 223 g/mol. The van der Waals surface area contributed by atoms with Gasteiger partial charge in [-0.3, -0.25) is 0 Å². The summed E-state index contributed by atoms with van der Waals surface area (Å²) in [6.07, 6.45) is 3.99. The third kappa shape index (κ3) is 2.40. The van der Waals surface area contributed by atoms with Gasteiger partial charge in [-0.15, -0.1) is 5.10 Å². The predicted octanol–water partition coefficient (Wildman–Crippen LogP) is 1.53. The maximum Gasteiger partial charge on any atom is 0.165 e.